The van der Waals surface area contributed by atoms with Gasteiger partial charge in [0, 0.05) is 5.56 Å². The predicted octanol–water partition coefficient (Wildman–Crippen LogP) is 4.93. The minimum atomic E-state index is -4.78. The van der Waals surface area contributed by atoms with Crippen molar-refractivity contribution in [1.82, 2.24) is 0 Å². The summed E-state index contributed by atoms with van der Waals surface area (Å²) in [6.45, 7) is -3.18. The third kappa shape index (κ3) is 4.24. The van der Waals surface area contributed by atoms with Crippen molar-refractivity contribution < 1.29 is 35.9 Å². The van der Waals surface area contributed by atoms with Crippen LogP contribution in [-0.4, -0.2) is 12.9 Å². The molecule has 122 valence electrons. The topological polar surface area (TPSA) is 26.3 Å². The minimum absolute atomic E-state index is 0.0600. The quantitative estimate of drug-likeness (QED) is 0.586. The Bertz CT molecular complexity index is 724. The fraction of sp³-hybridized carbons (Fsp3) is 0.133. The predicted molar refractivity (Wildman–Crippen MR) is 68.9 cm³/mol. The Kier molecular flexibility index (Phi) is 4.63. The Morgan fingerprint density at radius 2 is 1.61 bits per heavy atom. The SMILES string of the molecule is O=Cc1cc(OC(F)F)cc(-c2cc(F)cc(C(F)(F)F)c2)c1. The molecule has 0 fully saturated rings. The van der Waals surface area contributed by atoms with Crippen LogP contribution >= 0.6 is 0 Å². The minimum Gasteiger partial charge on any atom is -0.435 e. The van der Waals surface area contributed by atoms with Gasteiger partial charge < -0.3 is 4.74 Å². The summed E-state index contributed by atoms with van der Waals surface area (Å²) in [6.07, 6.45) is -4.47. The van der Waals surface area contributed by atoms with E-state index in [1.807, 2.05) is 0 Å². The number of ether oxygens (including phenoxy) is 1. The van der Waals surface area contributed by atoms with Crippen LogP contribution < -0.4 is 4.74 Å². The van der Waals surface area contributed by atoms with Gasteiger partial charge in [-0.05, 0) is 47.5 Å². The molecule has 0 unspecified atom stereocenters. The van der Waals surface area contributed by atoms with Crippen molar-refractivity contribution in [3.8, 4) is 16.9 Å². The maximum absolute atomic E-state index is 13.4. The molecule has 2 rings (SSSR count). The molecule has 0 aliphatic rings. The summed E-state index contributed by atoms with van der Waals surface area (Å²) < 4.78 is 80.2. The van der Waals surface area contributed by atoms with Crippen molar-refractivity contribution in [2.75, 3.05) is 0 Å². The van der Waals surface area contributed by atoms with Crippen molar-refractivity contribution in [2.24, 2.45) is 0 Å². The second-order valence-electron chi connectivity index (χ2n) is 4.51. The molecular formula is C15H8F6O2. The highest BCUT2D eigenvalue weighted by molar-refractivity contribution is 5.80. The molecule has 0 aliphatic heterocycles. The van der Waals surface area contributed by atoms with Gasteiger partial charge in [0.05, 0.1) is 5.56 Å². The molecule has 2 aromatic carbocycles. The molecule has 0 aromatic heterocycles. The standard InChI is InChI=1S/C15H8F6O2/c16-12-4-10(3-11(6-12)15(19,20)21)9-1-8(7-22)2-13(5-9)23-14(17)18/h1-7,14H. The first-order valence-electron chi connectivity index (χ1n) is 6.12. The molecule has 0 atom stereocenters. The maximum Gasteiger partial charge on any atom is 0.416 e. The molecule has 0 saturated carbocycles. The smallest absolute Gasteiger partial charge is 0.416 e. The summed E-state index contributed by atoms with van der Waals surface area (Å²) in [5, 5.41) is 0. The summed E-state index contributed by atoms with van der Waals surface area (Å²) >= 11 is 0. The first-order valence-corrected chi connectivity index (χ1v) is 6.12. The number of hydrogen-bond donors (Lipinski definition) is 0. The molecule has 0 saturated heterocycles. The normalized spacial score (nSPS) is 11.6. The van der Waals surface area contributed by atoms with E-state index in [-0.39, 0.29) is 16.7 Å². The van der Waals surface area contributed by atoms with Gasteiger partial charge in [0.15, 0.2) is 0 Å². The lowest BCUT2D eigenvalue weighted by molar-refractivity contribution is -0.137. The van der Waals surface area contributed by atoms with E-state index in [0.717, 1.165) is 24.3 Å². The molecule has 23 heavy (non-hydrogen) atoms. The Balaban J connectivity index is 2.57. The molecular weight excluding hydrogens is 326 g/mol. The van der Waals surface area contributed by atoms with Crippen molar-refractivity contribution in [3.63, 3.8) is 0 Å². The highest BCUT2D eigenvalue weighted by Gasteiger charge is 2.31. The molecule has 0 amide bonds. The van der Waals surface area contributed by atoms with Crippen LogP contribution in [0.3, 0.4) is 0 Å². The van der Waals surface area contributed by atoms with E-state index in [9.17, 15) is 31.1 Å². The Morgan fingerprint density at radius 1 is 0.957 bits per heavy atom. The van der Waals surface area contributed by atoms with E-state index in [1.54, 1.807) is 0 Å². The van der Waals surface area contributed by atoms with Crippen molar-refractivity contribution in [3.05, 3.63) is 53.3 Å². The average molecular weight is 334 g/mol. The zero-order valence-corrected chi connectivity index (χ0v) is 11.2. The van der Waals surface area contributed by atoms with Gasteiger partial charge in [-0.1, -0.05) is 0 Å². The lowest BCUT2D eigenvalue weighted by Crippen LogP contribution is -2.06. The van der Waals surface area contributed by atoms with Gasteiger partial charge in [-0.3, -0.25) is 4.79 Å². The Morgan fingerprint density at radius 3 is 2.17 bits per heavy atom. The van der Waals surface area contributed by atoms with E-state index >= 15 is 0 Å². The summed E-state index contributed by atoms with van der Waals surface area (Å²) in [5.74, 6) is -1.57. The fourth-order valence-corrected chi connectivity index (χ4v) is 1.95. The van der Waals surface area contributed by atoms with Crippen LogP contribution in [0.2, 0.25) is 0 Å². The van der Waals surface area contributed by atoms with Gasteiger partial charge in [0.2, 0.25) is 0 Å². The molecule has 0 bridgehead atoms. The zero-order chi connectivity index (χ0) is 17.2. The van der Waals surface area contributed by atoms with E-state index < -0.39 is 29.9 Å². The van der Waals surface area contributed by atoms with Gasteiger partial charge in [-0.25, -0.2) is 4.39 Å². The van der Waals surface area contributed by atoms with Crippen LogP contribution in [0.1, 0.15) is 15.9 Å². The number of hydrogen-bond acceptors (Lipinski definition) is 2. The van der Waals surface area contributed by atoms with Gasteiger partial charge in [-0.2, -0.15) is 22.0 Å². The largest absolute Gasteiger partial charge is 0.435 e. The van der Waals surface area contributed by atoms with Crippen LogP contribution in [0.4, 0.5) is 26.3 Å². The maximum atomic E-state index is 13.4. The number of rotatable bonds is 4. The number of benzene rings is 2. The molecule has 0 spiro atoms. The number of aldehydes is 1. The molecule has 8 heteroatoms. The Labute approximate surface area is 126 Å². The van der Waals surface area contributed by atoms with Gasteiger partial charge in [0.1, 0.15) is 17.9 Å². The highest BCUT2D eigenvalue weighted by atomic mass is 19.4. The van der Waals surface area contributed by atoms with Crippen molar-refractivity contribution >= 4 is 6.29 Å². The first-order chi connectivity index (χ1) is 10.7. The highest BCUT2D eigenvalue weighted by Crippen LogP contribution is 2.34. The number of alkyl halides is 5. The van der Waals surface area contributed by atoms with Gasteiger partial charge >= 0.3 is 12.8 Å². The average Bonchev–Trinajstić information content (AvgIpc) is 2.44. The fourth-order valence-electron chi connectivity index (χ4n) is 1.95. The van der Waals surface area contributed by atoms with Crippen LogP contribution in [0.5, 0.6) is 5.75 Å². The monoisotopic (exact) mass is 334 g/mol. The molecule has 2 aromatic rings. The van der Waals surface area contributed by atoms with E-state index in [2.05, 4.69) is 4.74 Å². The van der Waals surface area contributed by atoms with E-state index in [1.165, 1.54) is 0 Å². The molecule has 0 N–H and O–H groups in total. The second kappa shape index (κ2) is 6.31. The second-order valence-corrected chi connectivity index (χ2v) is 4.51. The molecule has 2 nitrogen and oxygen atoms in total. The van der Waals surface area contributed by atoms with Crippen LogP contribution in [-0.2, 0) is 6.18 Å². The van der Waals surface area contributed by atoms with Gasteiger partial charge in [-0.15, -0.1) is 0 Å². The van der Waals surface area contributed by atoms with Crippen LogP contribution in [0.15, 0.2) is 36.4 Å². The summed E-state index contributed by atoms with van der Waals surface area (Å²) in [4.78, 5) is 10.8. The molecule has 0 heterocycles. The van der Waals surface area contributed by atoms with Crippen LogP contribution in [0, 0.1) is 5.82 Å². The van der Waals surface area contributed by atoms with Crippen molar-refractivity contribution in [1.29, 1.82) is 0 Å². The van der Waals surface area contributed by atoms with E-state index in [4.69, 9.17) is 0 Å². The lowest BCUT2D eigenvalue weighted by atomic mass is 10.0. The first kappa shape index (κ1) is 16.9. The third-order valence-electron chi connectivity index (χ3n) is 2.85. The lowest BCUT2D eigenvalue weighted by Gasteiger charge is -2.12. The number of halogens is 6. The number of carbonyl (C=O) groups is 1. The van der Waals surface area contributed by atoms with Crippen molar-refractivity contribution in [2.45, 2.75) is 12.8 Å². The van der Waals surface area contributed by atoms with Crippen LogP contribution in [0.25, 0.3) is 11.1 Å². The summed E-state index contributed by atoms with van der Waals surface area (Å²) in [7, 11) is 0. The third-order valence-corrected chi connectivity index (χ3v) is 2.85. The zero-order valence-electron chi connectivity index (χ0n) is 11.2. The summed E-state index contributed by atoms with van der Waals surface area (Å²) in [5.41, 5.74) is -1.62. The number of carbonyl (C=O) groups excluding carboxylic acids is 1. The molecule has 0 aliphatic carbocycles. The summed E-state index contributed by atoms with van der Waals surface area (Å²) in [6, 6.07) is 4.88. The van der Waals surface area contributed by atoms with E-state index in [0.29, 0.717) is 18.4 Å². The van der Waals surface area contributed by atoms with Gasteiger partial charge in [0.25, 0.3) is 0 Å². The molecule has 0 radical (unpaired) electrons. The Hall–Kier alpha value is -2.51.